The SMILES string of the molecule is CC(C)C(NC(=O)c1ccccc1F)C(=O)N/N=C/c1ccccc1OCc1ccc(Cl)c(Cl)c1. The maximum Gasteiger partial charge on any atom is 0.262 e. The van der Waals surface area contributed by atoms with E-state index in [2.05, 4.69) is 15.8 Å². The number of ether oxygens (including phenoxy) is 1. The smallest absolute Gasteiger partial charge is 0.262 e. The van der Waals surface area contributed by atoms with Crippen LogP contribution in [0.1, 0.15) is 35.3 Å². The summed E-state index contributed by atoms with van der Waals surface area (Å²) in [5.41, 5.74) is 3.76. The molecule has 0 saturated carbocycles. The molecule has 3 aromatic rings. The molecule has 1 atom stereocenters. The van der Waals surface area contributed by atoms with Crippen LogP contribution >= 0.6 is 23.2 Å². The van der Waals surface area contributed by atoms with Crippen molar-refractivity contribution in [2.24, 2.45) is 11.0 Å². The quantitative estimate of drug-likeness (QED) is 0.286. The molecule has 3 rings (SSSR count). The zero-order chi connectivity index (χ0) is 25.4. The molecule has 0 radical (unpaired) electrons. The van der Waals surface area contributed by atoms with E-state index in [-0.39, 0.29) is 18.1 Å². The molecule has 1 unspecified atom stereocenters. The number of benzene rings is 3. The van der Waals surface area contributed by atoms with E-state index in [9.17, 15) is 14.0 Å². The molecule has 0 heterocycles. The first kappa shape index (κ1) is 26.2. The Hall–Kier alpha value is -3.42. The van der Waals surface area contributed by atoms with Crippen LogP contribution in [0, 0.1) is 11.7 Å². The normalized spacial score (nSPS) is 11.9. The molecule has 0 aliphatic heterocycles. The molecule has 182 valence electrons. The van der Waals surface area contributed by atoms with Gasteiger partial charge in [0, 0.05) is 5.56 Å². The summed E-state index contributed by atoms with van der Waals surface area (Å²) in [6, 6.07) is 17.1. The maximum atomic E-state index is 13.9. The maximum absolute atomic E-state index is 13.9. The van der Waals surface area contributed by atoms with Gasteiger partial charge in [-0.25, -0.2) is 9.82 Å². The topological polar surface area (TPSA) is 79.8 Å². The minimum absolute atomic E-state index is 0.137. The minimum atomic E-state index is -0.916. The van der Waals surface area contributed by atoms with Crippen molar-refractivity contribution < 1.29 is 18.7 Å². The average molecular weight is 516 g/mol. The number of nitrogens with one attached hydrogen (secondary N) is 2. The molecule has 0 aliphatic rings. The van der Waals surface area contributed by atoms with E-state index in [4.69, 9.17) is 27.9 Å². The third-order valence-corrected chi connectivity index (χ3v) is 5.77. The highest BCUT2D eigenvalue weighted by molar-refractivity contribution is 6.42. The Balaban J connectivity index is 1.64. The lowest BCUT2D eigenvalue weighted by atomic mass is 10.0. The van der Waals surface area contributed by atoms with Crippen LogP contribution in [0.5, 0.6) is 5.75 Å². The molecule has 9 heteroatoms. The largest absolute Gasteiger partial charge is 0.488 e. The predicted octanol–water partition coefficient (Wildman–Crippen LogP) is 5.62. The van der Waals surface area contributed by atoms with E-state index in [1.165, 1.54) is 24.4 Å². The highest BCUT2D eigenvalue weighted by Crippen LogP contribution is 2.24. The summed E-state index contributed by atoms with van der Waals surface area (Å²) >= 11 is 12.0. The molecular formula is C26H24Cl2FN3O3. The molecule has 0 spiro atoms. The van der Waals surface area contributed by atoms with Crippen molar-refractivity contribution in [3.63, 3.8) is 0 Å². The van der Waals surface area contributed by atoms with Crippen LogP contribution in [-0.2, 0) is 11.4 Å². The second-order valence-corrected chi connectivity index (χ2v) is 8.80. The molecule has 0 saturated heterocycles. The van der Waals surface area contributed by atoms with Gasteiger partial charge in [0.15, 0.2) is 0 Å². The average Bonchev–Trinajstić information content (AvgIpc) is 2.83. The van der Waals surface area contributed by atoms with Crippen LogP contribution in [0.25, 0.3) is 0 Å². The zero-order valence-electron chi connectivity index (χ0n) is 19.1. The van der Waals surface area contributed by atoms with Crippen molar-refractivity contribution >= 4 is 41.2 Å². The number of hydrogen-bond acceptors (Lipinski definition) is 4. The van der Waals surface area contributed by atoms with Crippen LogP contribution in [-0.4, -0.2) is 24.1 Å². The first-order valence-corrected chi connectivity index (χ1v) is 11.6. The number of nitrogens with zero attached hydrogens (tertiary/aromatic N) is 1. The van der Waals surface area contributed by atoms with Crippen LogP contribution in [0.4, 0.5) is 4.39 Å². The van der Waals surface area contributed by atoms with Gasteiger partial charge in [0.1, 0.15) is 24.2 Å². The summed E-state index contributed by atoms with van der Waals surface area (Å²) in [4.78, 5) is 25.1. The molecule has 6 nitrogen and oxygen atoms in total. The van der Waals surface area contributed by atoms with Crippen LogP contribution < -0.4 is 15.5 Å². The Morgan fingerprint density at radius 1 is 1.03 bits per heavy atom. The fourth-order valence-electron chi connectivity index (χ4n) is 3.14. The second kappa shape index (κ2) is 12.3. The molecular weight excluding hydrogens is 492 g/mol. The monoisotopic (exact) mass is 515 g/mol. The van der Waals surface area contributed by atoms with Crippen LogP contribution in [0.3, 0.4) is 0 Å². The van der Waals surface area contributed by atoms with E-state index in [1.807, 2.05) is 12.1 Å². The van der Waals surface area contributed by atoms with Gasteiger partial charge >= 0.3 is 0 Å². The van der Waals surface area contributed by atoms with E-state index < -0.39 is 23.7 Å². The molecule has 0 bridgehead atoms. The van der Waals surface area contributed by atoms with Gasteiger partial charge in [-0.2, -0.15) is 5.10 Å². The number of hydrazone groups is 1. The standard InChI is InChI=1S/C26H24Cl2FN3O3/c1-16(2)24(31-25(33)19-8-4-5-9-22(19)29)26(34)32-30-14-18-7-3-6-10-23(18)35-15-17-11-12-20(27)21(28)13-17/h3-14,16,24H,15H2,1-2H3,(H,31,33)(H,32,34)/b30-14+. The fourth-order valence-corrected chi connectivity index (χ4v) is 3.46. The van der Waals surface area contributed by atoms with Gasteiger partial charge in [0.05, 0.1) is 21.8 Å². The Kier molecular flexibility index (Phi) is 9.23. The van der Waals surface area contributed by atoms with Gasteiger partial charge < -0.3 is 10.1 Å². The van der Waals surface area contributed by atoms with Gasteiger partial charge in [-0.1, -0.05) is 67.4 Å². The third kappa shape index (κ3) is 7.28. The first-order chi connectivity index (χ1) is 16.8. The summed E-state index contributed by atoms with van der Waals surface area (Å²) < 4.78 is 19.8. The summed E-state index contributed by atoms with van der Waals surface area (Å²) in [6.07, 6.45) is 1.44. The molecule has 0 aliphatic carbocycles. The zero-order valence-corrected chi connectivity index (χ0v) is 20.6. The van der Waals surface area contributed by atoms with Crippen molar-refractivity contribution in [2.75, 3.05) is 0 Å². The molecule has 2 N–H and O–H groups in total. The Morgan fingerprint density at radius 2 is 1.74 bits per heavy atom. The predicted molar refractivity (Wildman–Crippen MR) is 135 cm³/mol. The molecule has 0 aromatic heterocycles. The van der Waals surface area contributed by atoms with E-state index >= 15 is 0 Å². The Labute approximate surface area is 213 Å². The van der Waals surface area contributed by atoms with Crippen LogP contribution in [0.15, 0.2) is 71.8 Å². The Bertz CT molecular complexity index is 1230. The second-order valence-electron chi connectivity index (χ2n) is 7.98. The number of carbonyl (C=O) groups excluding carboxylic acids is 2. The van der Waals surface area contributed by atoms with Gasteiger partial charge in [-0.3, -0.25) is 9.59 Å². The summed E-state index contributed by atoms with van der Waals surface area (Å²) in [5, 5.41) is 7.48. The number of para-hydroxylation sites is 1. The highest BCUT2D eigenvalue weighted by atomic mass is 35.5. The van der Waals surface area contributed by atoms with E-state index in [0.717, 1.165) is 5.56 Å². The number of hydrogen-bond donors (Lipinski definition) is 2. The van der Waals surface area contributed by atoms with Crippen LogP contribution in [0.2, 0.25) is 10.0 Å². The number of carbonyl (C=O) groups is 2. The summed E-state index contributed by atoms with van der Waals surface area (Å²) in [6.45, 7) is 3.79. The summed E-state index contributed by atoms with van der Waals surface area (Å²) in [7, 11) is 0. The van der Waals surface area contributed by atoms with Gasteiger partial charge in [0.2, 0.25) is 0 Å². The number of halogens is 3. The molecule has 0 fully saturated rings. The molecule has 3 aromatic carbocycles. The van der Waals surface area contributed by atoms with E-state index in [1.54, 1.807) is 50.2 Å². The number of amides is 2. The lowest BCUT2D eigenvalue weighted by molar-refractivity contribution is -0.123. The van der Waals surface area contributed by atoms with E-state index in [0.29, 0.717) is 21.4 Å². The fraction of sp³-hybridized carbons (Fsp3) is 0.192. The lowest BCUT2D eigenvalue weighted by Crippen LogP contribution is -2.48. The van der Waals surface area contributed by atoms with Gasteiger partial charge in [0.25, 0.3) is 11.8 Å². The number of rotatable bonds is 9. The minimum Gasteiger partial charge on any atom is -0.488 e. The van der Waals surface area contributed by atoms with Gasteiger partial charge in [-0.05, 0) is 47.9 Å². The van der Waals surface area contributed by atoms with Crippen molar-refractivity contribution in [1.82, 2.24) is 10.7 Å². The first-order valence-electron chi connectivity index (χ1n) is 10.8. The van der Waals surface area contributed by atoms with Crippen molar-refractivity contribution in [1.29, 1.82) is 0 Å². The third-order valence-electron chi connectivity index (χ3n) is 5.03. The van der Waals surface area contributed by atoms with Gasteiger partial charge in [-0.15, -0.1) is 0 Å². The molecule has 35 heavy (non-hydrogen) atoms. The van der Waals surface area contributed by atoms with Crippen molar-refractivity contribution in [3.8, 4) is 5.75 Å². The molecule has 2 amide bonds. The van der Waals surface area contributed by atoms with Crippen molar-refractivity contribution in [2.45, 2.75) is 26.5 Å². The summed E-state index contributed by atoms with van der Waals surface area (Å²) in [5.74, 6) is -1.59. The Morgan fingerprint density at radius 3 is 2.46 bits per heavy atom. The lowest BCUT2D eigenvalue weighted by Gasteiger charge is -2.20. The highest BCUT2D eigenvalue weighted by Gasteiger charge is 2.25. The van der Waals surface area contributed by atoms with Crippen molar-refractivity contribution in [3.05, 3.63) is 99.3 Å².